The molecule has 50 heavy (non-hydrogen) atoms. The number of benzene rings is 7. The normalized spacial score (nSPS) is 12.6. The molecule has 0 saturated heterocycles. The van der Waals surface area contributed by atoms with Gasteiger partial charge >= 0.3 is 0 Å². The Hall–Kier alpha value is -6.39. The van der Waals surface area contributed by atoms with Crippen molar-refractivity contribution >= 4 is 61.7 Å². The SMILES string of the molecule is O=C1CCCc2ccc(-n3c4ccc(N(c5ccccc5)c5ccccc5)cc4c4cc(N(c5ccccc5)c5ccccc5)ccc43)cc21. The number of aromatic nitrogens is 1. The van der Waals surface area contributed by atoms with Crippen molar-refractivity contribution in [3.8, 4) is 5.69 Å². The lowest BCUT2D eigenvalue weighted by molar-refractivity contribution is 0.0972. The fourth-order valence-electron chi connectivity index (χ4n) is 7.51. The van der Waals surface area contributed by atoms with Crippen molar-refractivity contribution in [3.05, 3.63) is 187 Å². The zero-order chi connectivity index (χ0) is 33.4. The third kappa shape index (κ3) is 5.22. The molecule has 4 heteroatoms. The number of rotatable bonds is 7. The Balaban J connectivity index is 1.31. The minimum atomic E-state index is 0.237. The highest BCUT2D eigenvalue weighted by atomic mass is 16.1. The molecule has 9 rings (SSSR count). The maximum Gasteiger partial charge on any atom is 0.163 e. The van der Waals surface area contributed by atoms with E-state index < -0.39 is 0 Å². The first-order valence-corrected chi connectivity index (χ1v) is 17.3. The van der Waals surface area contributed by atoms with Crippen LogP contribution in [-0.4, -0.2) is 10.4 Å². The summed E-state index contributed by atoms with van der Waals surface area (Å²) in [5.41, 5.74) is 11.7. The van der Waals surface area contributed by atoms with Crippen LogP contribution in [-0.2, 0) is 6.42 Å². The van der Waals surface area contributed by atoms with Crippen molar-refractivity contribution in [1.82, 2.24) is 4.57 Å². The fraction of sp³-hybridized carbons (Fsp3) is 0.0652. The number of aryl methyl sites for hydroxylation is 1. The van der Waals surface area contributed by atoms with Crippen molar-refractivity contribution in [2.75, 3.05) is 9.80 Å². The standard InChI is InChI=1S/C46H35N3O/c50-46-23-13-14-33-24-25-40(30-41(33)46)49-44-28-26-38(47(34-15-5-1-6-16-34)35-17-7-2-8-18-35)31-42(44)43-32-39(27-29-45(43)49)48(36-19-9-3-10-20-36)37-21-11-4-12-22-37/h1-12,15-22,24-32H,13-14,23H2. The lowest BCUT2D eigenvalue weighted by atomic mass is 9.90. The molecule has 1 aliphatic rings. The first kappa shape index (κ1) is 29.7. The van der Waals surface area contributed by atoms with Gasteiger partial charge in [-0.15, -0.1) is 0 Å². The van der Waals surface area contributed by atoms with Gasteiger partial charge in [-0.25, -0.2) is 0 Å². The summed E-state index contributed by atoms with van der Waals surface area (Å²) in [6.45, 7) is 0. The van der Waals surface area contributed by atoms with Gasteiger partial charge in [-0.05, 0) is 115 Å². The predicted octanol–water partition coefficient (Wildman–Crippen LogP) is 12.2. The highest BCUT2D eigenvalue weighted by molar-refractivity contribution is 6.12. The van der Waals surface area contributed by atoms with Crippen LogP contribution in [0.4, 0.5) is 34.1 Å². The lowest BCUT2D eigenvalue weighted by Crippen LogP contribution is -2.11. The molecule has 0 unspecified atom stereocenters. The van der Waals surface area contributed by atoms with Gasteiger partial charge < -0.3 is 14.4 Å². The Morgan fingerprint density at radius 2 is 0.860 bits per heavy atom. The van der Waals surface area contributed by atoms with E-state index >= 15 is 0 Å². The summed E-state index contributed by atoms with van der Waals surface area (Å²) >= 11 is 0. The molecule has 1 aliphatic carbocycles. The zero-order valence-corrected chi connectivity index (χ0v) is 27.6. The Morgan fingerprint density at radius 3 is 1.30 bits per heavy atom. The Kier molecular flexibility index (Phi) is 7.47. The van der Waals surface area contributed by atoms with Gasteiger partial charge in [-0.1, -0.05) is 78.9 Å². The van der Waals surface area contributed by atoms with Crippen molar-refractivity contribution in [2.45, 2.75) is 19.3 Å². The van der Waals surface area contributed by atoms with E-state index in [-0.39, 0.29) is 5.78 Å². The molecule has 1 heterocycles. The molecule has 1 aromatic heterocycles. The van der Waals surface area contributed by atoms with Crippen LogP contribution >= 0.6 is 0 Å². The monoisotopic (exact) mass is 645 g/mol. The Bertz CT molecular complexity index is 2250. The van der Waals surface area contributed by atoms with Crippen LogP contribution in [0.2, 0.25) is 0 Å². The van der Waals surface area contributed by atoms with Crippen LogP contribution < -0.4 is 9.80 Å². The topological polar surface area (TPSA) is 28.5 Å². The molecule has 0 aliphatic heterocycles. The second kappa shape index (κ2) is 12.6. The molecule has 240 valence electrons. The third-order valence-corrected chi connectivity index (χ3v) is 9.81. The largest absolute Gasteiger partial charge is 0.310 e. The molecule has 7 aromatic carbocycles. The molecular formula is C46H35N3O. The first-order chi connectivity index (χ1) is 24.7. The number of nitrogens with zero attached hydrogens (tertiary/aromatic N) is 3. The summed E-state index contributed by atoms with van der Waals surface area (Å²) in [6, 6.07) is 62.1. The number of ketones is 1. The highest BCUT2D eigenvalue weighted by Crippen LogP contribution is 2.43. The van der Waals surface area contributed by atoms with E-state index in [9.17, 15) is 4.79 Å². The van der Waals surface area contributed by atoms with E-state index in [1.807, 2.05) is 0 Å². The number of hydrogen-bond donors (Lipinski definition) is 0. The minimum Gasteiger partial charge on any atom is -0.310 e. The number of para-hydroxylation sites is 4. The zero-order valence-electron chi connectivity index (χ0n) is 27.6. The average molecular weight is 646 g/mol. The summed E-state index contributed by atoms with van der Waals surface area (Å²) in [5.74, 6) is 0.237. The van der Waals surface area contributed by atoms with Crippen LogP contribution in [0.25, 0.3) is 27.5 Å². The highest BCUT2D eigenvalue weighted by Gasteiger charge is 2.22. The molecule has 8 aromatic rings. The summed E-state index contributed by atoms with van der Waals surface area (Å²) in [5, 5.41) is 2.28. The van der Waals surface area contributed by atoms with Crippen molar-refractivity contribution < 1.29 is 4.79 Å². The maximum atomic E-state index is 13.1. The molecule has 0 bridgehead atoms. The molecule has 0 radical (unpaired) electrons. The Morgan fingerprint density at radius 1 is 0.420 bits per heavy atom. The van der Waals surface area contributed by atoms with Crippen molar-refractivity contribution in [3.63, 3.8) is 0 Å². The van der Waals surface area contributed by atoms with Gasteiger partial charge in [0.1, 0.15) is 0 Å². The van der Waals surface area contributed by atoms with Gasteiger partial charge in [0, 0.05) is 62.6 Å². The summed E-state index contributed by atoms with van der Waals surface area (Å²) in [6.07, 6.45) is 2.48. The number of Topliss-reactive ketones (excluding diaryl/α,β-unsaturated/α-hetero) is 1. The van der Waals surface area contributed by atoms with Gasteiger partial charge in [-0.3, -0.25) is 4.79 Å². The van der Waals surface area contributed by atoms with Gasteiger partial charge in [0.25, 0.3) is 0 Å². The molecule has 0 saturated carbocycles. The molecular weight excluding hydrogens is 611 g/mol. The second-order valence-electron chi connectivity index (χ2n) is 12.9. The number of fused-ring (bicyclic) bond motifs is 4. The molecule has 0 N–H and O–H groups in total. The van der Waals surface area contributed by atoms with E-state index in [1.165, 1.54) is 0 Å². The third-order valence-electron chi connectivity index (χ3n) is 9.81. The number of hydrogen-bond acceptors (Lipinski definition) is 3. The van der Waals surface area contributed by atoms with Crippen LogP contribution in [0.15, 0.2) is 176 Å². The maximum absolute atomic E-state index is 13.1. The average Bonchev–Trinajstić information content (AvgIpc) is 3.50. The van der Waals surface area contributed by atoms with Crippen molar-refractivity contribution in [2.24, 2.45) is 0 Å². The fourth-order valence-corrected chi connectivity index (χ4v) is 7.51. The summed E-state index contributed by atoms with van der Waals surface area (Å²) in [4.78, 5) is 17.7. The van der Waals surface area contributed by atoms with E-state index in [4.69, 9.17) is 0 Å². The molecule has 0 spiro atoms. The van der Waals surface area contributed by atoms with Crippen LogP contribution in [0, 0.1) is 0 Å². The van der Waals surface area contributed by atoms with Gasteiger partial charge in [0.2, 0.25) is 0 Å². The first-order valence-electron chi connectivity index (χ1n) is 17.3. The number of carbonyl (C=O) groups is 1. The lowest BCUT2D eigenvalue weighted by Gasteiger charge is -2.26. The Labute approximate surface area is 292 Å². The van der Waals surface area contributed by atoms with Crippen LogP contribution in [0.1, 0.15) is 28.8 Å². The second-order valence-corrected chi connectivity index (χ2v) is 12.9. The van der Waals surface area contributed by atoms with E-state index in [0.717, 1.165) is 85.6 Å². The molecule has 4 nitrogen and oxygen atoms in total. The minimum absolute atomic E-state index is 0.237. The number of carbonyl (C=O) groups excluding carboxylic acids is 1. The van der Waals surface area contributed by atoms with E-state index in [1.54, 1.807) is 0 Å². The molecule has 0 atom stereocenters. The van der Waals surface area contributed by atoms with E-state index in [2.05, 4.69) is 190 Å². The predicted molar refractivity (Wildman–Crippen MR) is 207 cm³/mol. The van der Waals surface area contributed by atoms with Crippen LogP contribution in [0.5, 0.6) is 0 Å². The summed E-state index contributed by atoms with van der Waals surface area (Å²) < 4.78 is 2.32. The van der Waals surface area contributed by atoms with Gasteiger partial charge in [-0.2, -0.15) is 0 Å². The van der Waals surface area contributed by atoms with Crippen molar-refractivity contribution in [1.29, 1.82) is 0 Å². The number of anilines is 6. The van der Waals surface area contributed by atoms with Gasteiger partial charge in [0.05, 0.1) is 11.0 Å². The van der Waals surface area contributed by atoms with Crippen LogP contribution in [0.3, 0.4) is 0 Å². The van der Waals surface area contributed by atoms with Gasteiger partial charge in [0.15, 0.2) is 5.78 Å². The van der Waals surface area contributed by atoms with E-state index in [0.29, 0.717) is 6.42 Å². The smallest absolute Gasteiger partial charge is 0.163 e. The summed E-state index contributed by atoms with van der Waals surface area (Å²) in [7, 11) is 0. The molecule has 0 amide bonds. The molecule has 0 fully saturated rings. The quantitative estimate of drug-likeness (QED) is 0.173.